The largest absolute Gasteiger partial charge is 1.00 e. The van der Waals surface area contributed by atoms with E-state index in [1.165, 1.54) is 28.9 Å². The Labute approximate surface area is 217 Å². The molecular weight excluding hydrogens is 489 g/mol. The number of carboxylic acid groups (broad SMARTS) is 1. The number of hydrogen-bond donors (Lipinski definition) is 3. The van der Waals surface area contributed by atoms with Gasteiger partial charge < -0.3 is 30.9 Å². The Balaban J connectivity index is 0.00000289. The van der Waals surface area contributed by atoms with Gasteiger partial charge in [-0.1, -0.05) is 5.16 Å². The van der Waals surface area contributed by atoms with Crippen LogP contribution in [0.25, 0.3) is 0 Å². The van der Waals surface area contributed by atoms with E-state index < -0.39 is 29.2 Å². The first-order valence-electron chi connectivity index (χ1n) is 9.28. The fourth-order valence-corrected chi connectivity index (χ4v) is 6.73. The summed E-state index contributed by atoms with van der Waals surface area (Å²) in [6.07, 6.45) is 1.97. The number of hydrogen-bond acceptors (Lipinski definition) is 12. The topological polar surface area (TPSA) is 170 Å². The van der Waals surface area contributed by atoms with E-state index in [4.69, 9.17) is 10.5 Å². The van der Waals surface area contributed by atoms with Crippen molar-refractivity contribution >= 4 is 63.5 Å². The molecule has 4 N–H and O–H groups in total. The molecule has 0 radical (unpaired) electrons. The van der Waals surface area contributed by atoms with Crippen molar-refractivity contribution in [1.29, 1.82) is 0 Å². The molecule has 4 rings (SSSR count). The van der Waals surface area contributed by atoms with Gasteiger partial charge in [-0.25, -0.2) is 4.98 Å². The van der Waals surface area contributed by atoms with E-state index in [2.05, 4.69) is 15.5 Å². The van der Waals surface area contributed by atoms with E-state index in [0.29, 0.717) is 23.0 Å². The molecule has 0 aliphatic carbocycles. The molecule has 11 nitrogen and oxygen atoms in total. The van der Waals surface area contributed by atoms with Gasteiger partial charge in [0.15, 0.2) is 10.8 Å². The molecule has 0 bridgehead atoms. The van der Waals surface area contributed by atoms with Crippen molar-refractivity contribution in [2.75, 3.05) is 23.8 Å². The molecule has 0 aromatic carbocycles. The van der Waals surface area contributed by atoms with Crippen LogP contribution in [0.4, 0.5) is 5.13 Å². The first kappa shape index (κ1) is 25.3. The normalized spacial score (nSPS) is 25.1. The number of rotatable bonds is 7. The summed E-state index contributed by atoms with van der Waals surface area (Å²) in [5, 5.41) is 27.5. The van der Waals surface area contributed by atoms with E-state index >= 15 is 0 Å². The molecule has 3 aliphatic heterocycles. The molecule has 2 saturated heterocycles. The Kier molecular flexibility index (Phi) is 8.52. The van der Waals surface area contributed by atoms with Crippen LogP contribution in [-0.4, -0.2) is 74.2 Å². The number of thioether (sulfide) groups is 2. The Morgan fingerprint density at radius 3 is 2.88 bits per heavy atom. The van der Waals surface area contributed by atoms with Crippen molar-refractivity contribution in [3.63, 3.8) is 0 Å². The van der Waals surface area contributed by atoms with Crippen LogP contribution >= 0.6 is 34.9 Å². The fourth-order valence-electron chi connectivity index (χ4n) is 3.48. The van der Waals surface area contributed by atoms with Crippen molar-refractivity contribution < 1.29 is 59.0 Å². The summed E-state index contributed by atoms with van der Waals surface area (Å²) in [7, 11) is 0. The van der Waals surface area contributed by atoms with Gasteiger partial charge in [-0.3, -0.25) is 14.5 Å². The molecule has 4 heterocycles. The summed E-state index contributed by atoms with van der Waals surface area (Å²) in [5.41, 5.74) is 5.07. The van der Waals surface area contributed by atoms with E-state index in [9.17, 15) is 24.7 Å². The molecule has 1 aromatic heterocycles. The number of ether oxygens (including phenoxy) is 1. The number of nitrogen functional groups attached to an aromatic ring is 1. The SMILES string of the molecule is Nc1nc(/C(=N/O)C(=O)NC2C(=O)N3C(C(=O)[O-])=C(SCC4CCCO4)CS[C@@H]23)cs1.[Na+]. The summed E-state index contributed by atoms with van der Waals surface area (Å²) < 4.78 is 5.57. The van der Waals surface area contributed by atoms with Crippen molar-refractivity contribution in [1.82, 2.24) is 15.2 Å². The van der Waals surface area contributed by atoms with Crippen LogP contribution in [-0.2, 0) is 19.1 Å². The summed E-state index contributed by atoms with van der Waals surface area (Å²) in [6.45, 7) is 0.701. The number of nitrogens with one attached hydrogen (secondary N) is 1. The zero-order chi connectivity index (χ0) is 22.1. The molecule has 2 amide bonds. The maximum atomic E-state index is 12.7. The third kappa shape index (κ3) is 4.95. The van der Waals surface area contributed by atoms with Crippen LogP contribution < -0.4 is 45.7 Å². The molecule has 166 valence electrons. The molecule has 32 heavy (non-hydrogen) atoms. The smallest absolute Gasteiger partial charge is 0.543 e. The average molecular weight is 508 g/mol. The Hall–Kier alpha value is -1.29. The predicted octanol–water partition coefficient (Wildman–Crippen LogP) is -3.82. The zero-order valence-corrected chi connectivity index (χ0v) is 21.4. The van der Waals surface area contributed by atoms with Crippen molar-refractivity contribution in [2.24, 2.45) is 5.16 Å². The third-order valence-electron chi connectivity index (χ3n) is 4.96. The van der Waals surface area contributed by atoms with Gasteiger partial charge >= 0.3 is 29.6 Å². The Morgan fingerprint density at radius 2 is 2.28 bits per heavy atom. The van der Waals surface area contributed by atoms with Gasteiger partial charge in [-0.2, -0.15) is 0 Å². The van der Waals surface area contributed by atoms with Crippen molar-refractivity contribution in [3.8, 4) is 0 Å². The number of nitrogens with two attached hydrogens (primary N) is 1. The maximum absolute atomic E-state index is 12.7. The van der Waals surface area contributed by atoms with E-state index in [-0.39, 0.29) is 57.9 Å². The summed E-state index contributed by atoms with van der Waals surface area (Å²) >= 11 is 3.76. The van der Waals surface area contributed by atoms with Gasteiger partial charge in [-0.05, 0) is 12.8 Å². The standard InChI is InChI=1S/C17H19N5O6S3.Na/c18-17-19-8(5-31-17)10(21-27)13(23)20-11-14(24)22-12(16(25)26)9(6-30-15(11)22)29-4-7-2-1-3-28-7;/h5,7,11,15,27H,1-4,6H2,(H2,18,19)(H,20,23)(H,25,26);/q;+1/p-1/b21-10-;/t7?,11?,15-;/m0./s1. The number of anilines is 1. The van der Waals surface area contributed by atoms with Crippen LogP contribution in [0, 0.1) is 0 Å². The quantitative estimate of drug-likeness (QED) is 0.109. The molecule has 0 spiro atoms. The van der Waals surface area contributed by atoms with E-state index in [1.54, 1.807) is 0 Å². The predicted molar refractivity (Wildman–Crippen MR) is 113 cm³/mol. The van der Waals surface area contributed by atoms with E-state index in [0.717, 1.165) is 29.1 Å². The number of fused-ring (bicyclic) bond motifs is 1. The summed E-state index contributed by atoms with van der Waals surface area (Å²) in [6, 6.07) is -0.968. The van der Waals surface area contributed by atoms with Gasteiger partial charge in [0.1, 0.15) is 17.1 Å². The number of carbonyl (C=O) groups is 3. The van der Waals surface area contributed by atoms with Crippen LogP contribution in [0.2, 0.25) is 0 Å². The molecule has 0 saturated carbocycles. The van der Waals surface area contributed by atoms with Gasteiger partial charge in [0.05, 0.1) is 17.8 Å². The van der Waals surface area contributed by atoms with Gasteiger partial charge in [0.2, 0.25) is 0 Å². The minimum absolute atomic E-state index is 0. The van der Waals surface area contributed by atoms with Crippen LogP contribution in [0.5, 0.6) is 0 Å². The zero-order valence-electron chi connectivity index (χ0n) is 17.0. The minimum atomic E-state index is -1.44. The van der Waals surface area contributed by atoms with E-state index in [1.807, 2.05) is 0 Å². The first-order valence-corrected chi connectivity index (χ1v) is 12.2. The van der Waals surface area contributed by atoms with Crippen LogP contribution in [0.3, 0.4) is 0 Å². The molecule has 2 unspecified atom stereocenters. The molecule has 3 atom stereocenters. The maximum Gasteiger partial charge on any atom is 1.00 e. The monoisotopic (exact) mass is 507 g/mol. The molecule has 1 aromatic rings. The van der Waals surface area contributed by atoms with Gasteiger partial charge in [-0.15, -0.1) is 34.9 Å². The second kappa shape index (κ2) is 10.8. The van der Waals surface area contributed by atoms with Crippen molar-refractivity contribution in [2.45, 2.75) is 30.4 Å². The number of oxime groups is 1. The molecular formula is C17H18N5NaO6S3. The van der Waals surface area contributed by atoms with Crippen molar-refractivity contribution in [3.05, 3.63) is 21.7 Å². The summed E-state index contributed by atoms with van der Waals surface area (Å²) in [4.78, 5) is 42.6. The second-order valence-corrected chi connectivity index (χ2v) is 10.00. The number of aromatic nitrogens is 1. The van der Waals surface area contributed by atoms with Crippen LogP contribution in [0.15, 0.2) is 21.1 Å². The van der Waals surface area contributed by atoms with Gasteiger partial charge in [0.25, 0.3) is 11.8 Å². The number of thiazole rings is 1. The minimum Gasteiger partial charge on any atom is -0.543 e. The molecule has 15 heteroatoms. The number of aliphatic carboxylic acids is 1. The summed E-state index contributed by atoms with van der Waals surface area (Å²) in [5.74, 6) is -1.86. The average Bonchev–Trinajstić information content (AvgIpc) is 3.42. The number of carboxylic acids is 1. The number of carbonyl (C=O) groups excluding carboxylic acids is 3. The number of β-lactam (4-membered cyclic amide) rings is 1. The fraction of sp³-hybridized carbons (Fsp3) is 0.471. The van der Waals surface area contributed by atoms with Crippen LogP contribution in [0.1, 0.15) is 18.5 Å². The number of amides is 2. The first-order chi connectivity index (χ1) is 14.9. The number of nitrogens with zero attached hydrogens (tertiary/aromatic N) is 3. The molecule has 3 aliphatic rings. The Bertz CT molecular complexity index is 980. The second-order valence-electron chi connectivity index (χ2n) is 6.89. The third-order valence-corrected chi connectivity index (χ3v) is 8.32. The Morgan fingerprint density at radius 1 is 1.50 bits per heavy atom. The molecule has 2 fully saturated rings. The van der Waals surface area contributed by atoms with Gasteiger partial charge in [0, 0.05) is 28.4 Å².